The number of carbonyl (C=O) groups is 1. The van der Waals surface area contributed by atoms with E-state index >= 15 is 0 Å². The van der Waals surface area contributed by atoms with Gasteiger partial charge in [-0.3, -0.25) is 4.79 Å². The van der Waals surface area contributed by atoms with Crippen LogP contribution < -0.4 is 14.9 Å². The monoisotopic (exact) mass is 478 g/mol. The molecule has 0 aliphatic carbocycles. The Morgan fingerprint density at radius 3 is 2.62 bits per heavy atom. The maximum atomic E-state index is 11.8. The van der Waals surface area contributed by atoms with Crippen LogP contribution >= 0.6 is 11.3 Å². The zero-order chi connectivity index (χ0) is 24.1. The highest BCUT2D eigenvalue weighted by Crippen LogP contribution is 2.33. The van der Waals surface area contributed by atoms with E-state index in [1.54, 1.807) is 11.3 Å². The Morgan fingerprint density at radius 2 is 1.91 bits per heavy atom. The van der Waals surface area contributed by atoms with Gasteiger partial charge in [0, 0.05) is 17.5 Å². The van der Waals surface area contributed by atoms with E-state index in [1.165, 1.54) is 5.56 Å². The molecule has 0 saturated heterocycles. The van der Waals surface area contributed by atoms with Crippen LogP contribution in [0.4, 0.5) is 11.4 Å². The first-order chi connectivity index (χ1) is 16.5. The van der Waals surface area contributed by atoms with Crippen LogP contribution in [0.2, 0.25) is 0 Å². The highest BCUT2D eigenvalue weighted by molar-refractivity contribution is 7.07. The van der Waals surface area contributed by atoms with Crippen molar-refractivity contribution in [3.63, 3.8) is 0 Å². The molecular weight excluding hydrogens is 444 g/mol. The summed E-state index contributed by atoms with van der Waals surface area (Å²) in [4.78, 5) is 20.2. The Kier molecular flexibility index (Phi) is 7.85. The third-order valence-electron chi connectivity index (χ3n) is 6.24. The Hall–Kier alpha value is -2.90. The number of amides is 1. The largest absolute Gasteiger partial charge is 0.482 e. The second-order valence-corrected chi connectivity index (χ2v) is 9.68. The zero-order valence-electron chi connectivity index (χ0n) is 20.5. The molecule has 1 N–H and O–H groups in total. The molecule has 0 bridgehead atoms. The lowest BCUT2D eigenvalue weighted by Crippen LogP contribution is -2.26. The Balaban J connectivity index is 1.69. The van der Waals surface area contributed by atoms with Crippen molar-refractivity contribution in [1.82, 2.24) is 9.47 Å². The number of rotatable bonds is 9. The quantitative estimate of drug-likeness (QED) is 0.433. The standard InChI is InChI=1S/C27H34N4O2S/c1-5-30(6-2)14-7-15-31-24(21-10-13-25-23(16-21)29-26(32)17-33-25)18-34-27(31)28-22-11-8-20(9-12-22)19(3)4/h8-13,16,18-19H,5-7,14-15,17H2,1-4H3,(H,29,32). The summed E-state index contributed by atoms with van der Waals surface area (Å²) in [5.74, 6) is 1.09. The van der Waals surface area contributed by atoms with Crippen LogP contribution in [-0.4, -0.2) is 41.6 Å². The molecule has 1 aliphatic heterocycles. The summed E-state index contributed by atoms with van der Waals surface area (Å²) in [6.07, 6.45) is 1.04. The van der Waals surface area contributed by atoms with Crippen molar-refractivity contribution >= 4 is 28.6 Å². The predicted molar refractivity (Wildman–Crippen MR) is 140 cm³/mol. The van der Waals surface area contributed by atoms with Crippen LogP contribution in [0.1, 0.15) is 45.6 Å². The smallest absolute Gasteiger partial charge is 0.262 e. The predicted octanol–water partition coefficient (Wildman–Crippen LogP) is 5.64. The summed E-state index contributed by atoms with van der Waals surface area (Å²) in [5.41, 5.74) is 5.14. The van der Waals surface area contributed by atoms with Gasteiger partial charge in [-0.2, -0.15) is 0 Å². The van der Waals surface area contributed by atoms with Gasteiger partial charge in [0.05, 0.1) is 17.1 Å². The highest BCUT2D eigenvalue weighted by atomic mass is 32.1. The van der Waals surface area contributed by atoms with Crippen molar-refractivity contribution in [3.8, 4) is 17.0 Å². The molecule has 1 aliphatic rings. The van der Waals surface area contributed by atoms with Gasteiger partial charge >= 0.3 is 0 Å². The fraction of sp³-hybridized carbons (Fsp3) is 0.407. The van der Waals surface area contributed by atoms with E-state index in [0.29, 0.717) is 11.7 Å². The Labute approximate surface area is 205 Å². The van der Waals surface area contributed by atoms with E-state index in [4.69, 9.17) is 9.73 Å². The molecular formula is C27H34N4O2S. The fourth-order valence-electron chi connectivity index (χ4n) is 4.14. The number of hydrogen-bond acceptors (Lipinski definition) is 5. The van der Waals surface area contributed by atoms with Gasteiger partial charge in [0.1, 0.15) is 5.75 Å². The van der Waals surface area contributed by atoms with Crippen LogP contribution in [0, 0.1) is 0 Å². The topological polar surface area (TPSA) is 58.9 Å². The van der Waals surface area contributed by atoms with Crippen LogP contribution in [0.15, 0.2) is 52.8 Å². The molecule has 2 heterocycles. The fourth-order valence-corrected chi connectivity index (χ4v) is 5.10. The molecule has 0 atom stereocenters. The van der Waals surface area contributed by atoms with Crippen molar-refractivity contribution in [3.05, 3.63) is 58.2 Å². The number of hydrogen-bond donors (Lipinski definition) is 1. The van der Waals surface area contributed by atoms with Crippen molar-refractivity contribution in [1.29, 1.82) is 0 Å². The van der Waals surface area contributed by atoms with Gasteiger partial charge in [-0.1, -0.05) is 39.8 Å². The number of benzene rings is 2. The van der Waals surface area contributed by atoms with E-state index in [1.807, 2.05) is 12.1 Å². The maximum Gasteiger partial charge on any atom is 0.262 e. The Bertz CT molecular complexity index is 1190. The number of thiazole rings is 1. The summed E-state index contributed by atoms with van der Waals surface area (Å²) < 4.78 is 7.85. The molecule has 1 amide bonds. The number of nitrogens with one attached hydrogen (secondary N) is 1. The van der Waals surface area contributed by atoms with Gasteiger partial charge in [0.15, 0.2) is 11.4 Å². The maximum absolute atomic E-state index is 11.8. The van der Waals surface area contributed by atoms with Crippen LogP contribution in [0.25, 0.3) is 11.3 Å². The SMILES string of the molecule is CCN(CC)CCCn1c(-c2ccc3c(c2)NC(=O)CO3)csc1=Nc1ccc(C(C)C)cc1. The van der Waals surface area contributed by atoms with Gasteiger partial charge in [0.2, 0.25) is 0 Å². The Morgan fingerprint density at radius 1 is 1.15 bits per heavy atom. The number of anilines is 1. The van der Waals surface area contributed by atoms with Gasteiger partial charge in [0.25, 0.3) is 5.91 Å². The summed E-state index contributed by atoms with van der Waals surface area (Å²) in [6, 6.07) is 14.5. The van der Waals surface area contributed by atoms with Crippen LogP contribution in [0.5, 0.6) is 5.75 Å². The molecule has 0 unspecified atom stereocenters. The number of aromatic nitrogens is 1. The number of carbonyl (C=O) groups excluding carboxylic acids is 1. The molecule has 0 spiro atoms. The van der Waals surface area contributed by atoms with E-state index in [9.17, 15) is 4.79 Å². The first-order valence-electron chi connectivity index (χ1n) is 12.1. The second kappa shape index (κ2) is 11.0. The van der Waals surface area contributed by atoms with E-state index in [-0.39, 0.29) is 12.5 Å². The van der Waals surface area contributed by atoms with Gasteiger partial charge in [-0.05, 0) is 67.9 Å². The second-order valence-electron chi connectivity index (χ2n) is 8.84. The average molecular weight is 479 g/mol. The lowest BCUT2D eigenvalue weighted by molar-refractivity contribution is -0.118. The van der Waals surface area contributed by atoms with E-state index < -0.39 is 0 Å². The third-order valence-corrected chi connectivity index (χ3v) is 7.10. The highest BCUT2D eigenvalue weighted by Gasteiger charge is 2.18. The zero-order valence-corrected chi connectivity index (χ0v) is 21.3. The summed E-state index contributed by atoms with van der Waals surface area (Å²) >= 11 is 1.65. The van der Waals surface area contributed by atoms with Gasteiger partial charge < -0.3 is 19.5 Å². The minimum absolute atomic E-state index is 0.0643. The van der Waals surface area contributed by atoms with E-state index in [0.717, 1.165) is 60.0 Å². The molecule has 1 aromatic heterocycles. The molecule has 0 radical (unpaired) electrons. The normalized spacial score (nSPS) is 13.8. The molecule has 7 heteroatoms. The molecule has 34 heavy (non-hydrogen) atoms. The van der Waals surface area contributed by atoms with Gasteiger partial charge in [-0.15, -0.1) is 11.3 Å². The molecule has 6 nitrogen and oxygen atoms in total. The summed E-state index contributed by atoms with van der Waals surface area (Å²) in [5, 5.41) is 5.08. The molecule has 3 aromatic rings. The molecule has 0 saturated carbocycles. The lowest BCUT2D eigenvalue weighted by Gasteiger charge is -2.20. The minimum atomic E-state index is -0.123. The lowest BCUT2D eigenvalue weighted by atomic mass is 10.0. The summed E-state index contributed by atoms with van der Waals surface area (Å²) in [6.45, 7) is 12.9. The minimum Gasteiger partial charge on any atom is -0.482 e. The van der Waals surface area contributed by atoms with Crippen molar-refractivity contribution in [2.75, 3.05) is 31.6 Å². The van der Waals surface area contributed by atoms with E-state index in [2.05, 4.69) is 78.2 Å². The van der Waals surface area contributed by atoms with Crippen LogP contribution in [0.3, 0.4) is 0 Å². The first-order valence-corrected chi connectivity index (χ1v) is 13.0. The molecule has 2 aromatic carbocycles. The molecule has 0 fully saturated rings. The summed E-state index contributed by atoms with van der Waals surface area (Å²) in [7, 11) is 0. The third kappa shape index (κ3) is 5.59. The molecule has 180 valence electrons. The number of fused-ring (bicyclic) bond motifs is 1. The first kappa shape index (κ1) is 24.2. The number of ether oxygens (including phenoxy) is 1. The van der Waals surface area contributed by atoms with Crippen molar-refractivity contribution in [2.24, 2.45) is 4.99 Å². The van der Waals surface area contributed by atoms with Crippen molar-refractivity contribution < 1.29 is 9.53 Å². The van der Waals surface area contributed by atoms with Crippen molar-refractivity contribution in [2.45, 2.75) is 46.6 Å². The number of nitrogens with zero attached hydrogens (tertiary/aromatic N) is 3. The van der Waals surface area contributed by atoms with Crippen LogP contribution in [-0.2, 0) is 11.3 Å². The average Bonchev–Trinajstić information content (AvgIpc) is 3.23. The molecule has 4 rings (SSSR count). The van der Waals surface area contributed by atoms with Gasteiger partial charge in [-0.25, -0.2) is 4.99 Å².